The number of nitrogens with one attached hydrogen (secondary N) is 1. The minimum absolute atomic E-state index is 0.0866. The molecule has 142 valence electrons. The second kappa shape index (κ2) is 7.13. The van der Waals surface area contributed by atoms with Gasteiger partial charge in [0.05, 0.1) is 5.56 Å². The molecule has 0 spiro atoms. The normalized spacial score (nSPS) is 13.5. The summed E-state index contributed by atoms with van der Waals surface area (Å²) < 4.78 is 40.3. The summed E-state index contributed by atoms with van der Waals surface area (Å²) in [6.45, 7) is 8.41. The maximum absolute atomic E-state index is 13.1. The molecule has 4 nitrogen and oxygen atoms in total. The van der Waals surface area contributed by atoms with E-state index in [1.165, 1.54) is 7.05 Å². The first-order valence-electron chi connectivity index (χ1n) is 8.39. The van der Waals surface area contributed by atoms with Crippen molar-refractivity contribution in [3.05, 3.63) is 47.3 Å². The van der Waals surface area contributed by atoms with E-state index in [2.05, 4.69) is 31.2 Å². The highest BCUT2D eigenvalue weighted by Crippen LogP contribution is 2.35. The van der Waals surface area contributed by atoms with Crippen LogP contribution in [0.25, 0.3) is 0 Å². The molecule has 0 fully saturated rings. The number of halogens is 3. The molecule has 2 rings (SSSR count). The van der Waals surface area contributed by atoms with Crippen LogP contribution >= 0.6 is 0 Å². The molecule has 0 bridgehead atoms. The molecule has 26 heavy (non-hydrogen) atoms. The second-order valence-electron chi connectivity index (χ2n) is 7.77. The van der Waals surface area contributed by atoms with Crippen LogP contribution in [0.15, 0.2) is 30.5 Å². The number of anilines is 1. The van der Waals surface area contributed by atoms with Gasteiger partial charge < -0.3 is 5.32 Å². The van der Waals surface area contributed by atoms with E-state index >= 15 is 0 Å². The monoisotopic (exact) mass is 367 g/mol. The summed E-state index contributed by atoms with van der Waals surface area (Å²) in [7, 11) is 1.35. The zero-order valence-electron chi connectivity index (χ0n) is 15.6. The Morgan fingerprint density at radius 3 is 2.42 bits per heavy atom. The van der Waals surface area contributed by atoms with Crippen LogP contribution in [0.5, 0.6) is 0 Å². The van der Waals surface area contributed by atoms with E-state index in [0.29, 0.717) is 5.69 Å². The number of aryl methyl sites for hydroxylation is 1. The van der Waals surface area contributed by atoms with Gasteiger partial charge in [-0.05, 0) is 29.4 Å². The number of hydrogen-bond donors (Lipinski definition) is 1. The van der Waals surface area contributed by atoms with E-state index < -0.39 is 23.3 Å². The lowest BCUT2D eigenvalue weighted by Crippen LogP contribution is -2.19. The number of nitrogens with zero attached hydrogens (tertiary/aromatic N) is 2. The van der Waals surface area contributed by atoms with E-state index in [-0.39, 0.29) is 11.3 Å². The van der Waals surface area contributed by atoms with E-state index in [9.17, 15) is 18.0 Å². The highest BCUT2D eigenvalue weighted by molar-refractivity contribution is 6.05. The first kappa shape index (κ1) is 20.0. The average Bonchev–Trinajstić information content (AvgIpc) is 2.88. The van der Waals surface area contributed by atoms with Crippen LogP contribution in [0.3, 0.4) is 0 Å². The van der Waals surface area contributed by atoms with Crippen LogP contribution in [-0.2, 0) is 13.2 Å². The summed E-state index contributed by atoms with van der Waals surface area (Å²) in [5, 5.41) is 6.01. The van der Waals surface area contributed by atoms with Gasteiger partial charge in [-0.15, -0.1) is 0 Å². The summed E-state index contributed by atoms with van der Waals surface area (Å²) in [6.07, 6.45) is -2.73. The molecule has 1 heterocycles. The van der Waals surface area contributed by atoms with Crippen LogP contribution in [0.1, 0.15) is 61.6 Å². The summed E-state index contributed by atoms with van der Waals surface area (Å²) in [6, 6.07) is 7.20. The highest BCUT2D eigenvalue weighted by atomic mass is 19.4. The lowest BCUT2D eigenvalue weighted by atomic mass is 9.82. The molecular weight excluding hydrogens is 343 g/mol. The number of alkyl halides is 3. The molecule has 1 unspecified atom stereocenters. The highest BCUT2D eigenvalue weighted by Gasteiger charge is 2.39. The molecule has 7 heteroatoms. The van der Waals surface area contributed by atoms with Gasteiger partial charge in [0.2, 0.25) is 0 Å². The van der Waals surface area contributed by atoms with Crippen molar-refractivity contribution in [2.45, 2.75) is 46.2 Å². The number of aromatic nitrogens is 2. The number of amides is 1. The fourth-order valence-corrected chi connectivity index (χ4v) is 3.12. The van der Waals surface area contributed by atoms with Crippen molar-refractivity contribution >= 4 is 11.6 Å². The molecule has 0 aliphatic rings. The van der Waals surface area contributed by atoms with Gasteiger partial charge in [0.15, 0.2) is 5.69 Å². The SMILES string of the molecule is CC(CC(C)(C)C)c1ccccc1NC(=O)c1cn(C)nc1C(F)(F)F. The average molecular weight is 367 g/mol. The Morgan fingerprint density at radius 1 is 1.23 bits per heavy atom. The Hall–Kier alpha value is -2.31. The van der Waals surface area contributed by atoms with Gasteiger partial charge in [-0.25, -0.2) is 0 Å². The molecule has 0 aliphatic heterocycles. The first-order valence-corrected chi connectivity index (χ1v) is 8.39. The van der Waals surface area contributed by atoms with Gasteiger partial charge in [0.1, 0.15) is 0 Å². The van der Waals surface area contributed by atoms with Crippen LogP contribution < -0.4 is 5.32 Å². The Balaban J connectivity index is 2.32. The molecule has 1 amide bonds. The topological polar surface area (TPSA) is 46.9 Å². The van der Waals surface area contributed by atoms with Crippen molar-refractivity contribution in [3.63, 3.8) is 0 Å². The van der Waals surface area contributed by atoms with Gasteiger partial charge in [-0.1, -0.05) is 45.9 Å². The van der Waals surface area contributed by atoms with Crippen LogP contribution in [0.2, 0.25) is 0 Å². The van der Waals surface area contributed by atoms with Crippen molar-refractivity contribution in [2.75, 3.05) is 5.32 Å². The van der Waals surface area contributed by atoms with E-state index in [1.807, 2.05) is 19.1 Å². The second-order valence-corrected chi connectivity index (χ2v) is 7.77. The van der Waals surface area contributed by atoms with Gasteiger partial charge >= 0.3 is 6.18 Å². The minimum Gasteiger partial charge on any atom is -0.322 e. The quantitative estimate of drug-likeness (QED) is 0.804. The van der Waals surface area contributed by atoms with Gasteiger partial charge in [0, 0.05) is 18.9 Å². The molecule has 0 saturated carbocycles. The van der Waals surface area contributed by atoms with Crippen LogP contribution in [0, 0.1) is 5.41 Å². The third-order valence-electron chi connectivity index (χ3n) is 4.00. The molecular formula is C19H24F3N3O. The van der Waals surface area contributed by atoms with E-state index in [1.54, 1.807) is 12.1 Å². The molecule has 0 radical (unpaired) electrons. The van der Waals surface area contributed by atoms with Crippen molar-refractivity contribution in [3.8, 4) is 0 Å². The molecule has 0 saturated heterocycles. The van der Waals surface area contributed by atoms with Crippen LogP contribution in [-0.4, -0.2) is 15.7 Å². The van der Waals surface area contributed by atoms with Crippen molar-refractivity contribution in [2.24, 2.45) is 12.5 Å². The Bertz CT molecular complexity index is 788. The standard InChI is InChI=1S/C19H24F3N3O/c1-12(10-18(2,3)4)13-8-6-7-9-15(13)23-17(26)14-11-25(5)24-16(14)19(20,21)22/h6-9,11-12H,10H2,1-5H3,(H,23,26). The van der Waals surface area contributed by atoms with Crippen LogP contribution in [0.4, 0.5) is 18.9 Å². The number of carbonyl (C=O) groups excluding carboxylic acids is 1. The smallest absolute Gasteiger partial charge is 0.322 e. The van der Waals surface area contributed by atoms with Crippen molar-refractivity contribution < 1.29 is 18.0 Å². The molecule has 1 atom stereocenters. The summed E-state index contributed by atoms with van der Waals surface area (Å²) in [5.74, 6) is -0.677. The molecule has 1 N–H and O–H groups in total. The van der Waals surface area contributed by atoms with E-state index in [4.69, 9.17) is 0 Å². The summed E-state index contributed by atoms with van der Waals surface area (Å²) in [4.78, 5) is 12.5. The number of carbonyl (C=O) groups is 1. The predicted molar refractivity (Wildman–Crippen MR) is 95.1 cm³/mol. The lowest BCUT2D eigenvalue weighted by molar-refractivity contribution is -0.141. The first-order chi connectivity index (χ1) is 11.9. The Kier molecular flexibility index (Phi) is 5.49. The molecule has 1 aromatic heterocycles. The zero-order chi connectivity index (χ0) is 19.7. The van der Waals surface area contributed by atoms with Crippen molar-refractivity contribution in [1.82, 2.24) is 9.78 Å². The summed E-state index contributed by atoms with van der Waals surface area (Å²) >= 11 is 0. The maximum atomic E-state index is 13.1. The molecule has 2 aromatic rings. The third kappa shape index (κ3) is 4.86. The Morgan fingerprint density at radius 2 is 1.85 bits per heavy atom. The fourth-order valence-electron chi connectivity index (χ4n) is 3.12. The van der Waals surface area contributed by atoms with Gasteiger partial charge in [-0.2, -0.15) is 18.3 Å². The summed E-state index contributed by atoms with van der Waals surface area (Å²) in [5.41, 5.74) is -0.168. The number of para-hydroxylation sites is 1. The number of hydrogen-bond acceptors (Lipinski definition) is 2. The van der Waals surface area contributed by atoms with E-state index in [0.717, 1.165) is 22.9 Å². The molecule has 1 aromatic carbocycles. The number of rotatable bonds is 4. The van der Waals surface area contributed by atoms with Gasteiger partial charge in [-0.3, -0.25) is 9.48 Å². The lowest BCUT2D eigenvalue weighted by Gasteiger charge is -2.25. The third-order valence-corrected chi connectivity index (χ3v) is 4.00. The zero-order valence-corrected chi connectivity index (χ0v) is 15.6. The molecule has 0 aliphatic carbocycles. The van der Waals surface area contributed by atoms with Crippen molar-refractivity contribution in [1.29, 1.82) is 0 Å². The minimum atomic E-state index is -4.69. The largest absolute Gasteiger partial charge is 0.435 e. The van der Waals surface area contributed by atoms with Gasteiger partial charge in [0.25, 0.3) is 5.91 Å². The predicted octanol–water partition coefficient (Wildman–Crippen LogP) is 5.23. The fraction of sp³-hybridized carbons (Fsp3) is 0.474. The number of benzene rings is 1. The Labute approximate surface area is 151 Å². The maximum Gasteiger partial charge on any atom is 0.435 e.